The summed E-state index contributed by atoms with van der Waals surface area (Å²) in [6.45, 7) is 9.03. The van der Waals surface area contributed by atoms with Crippen molar-refractivity contribution in [2.45, 2.75) is 40.0 Å². The number of hydrogen-bond donors (Lipinski definition) is 1. The van der Waals surface area contributed by atoms with Crippen LogP contribution in [0.1, 0.15) is 35.1 Å². The molecule has 1 aromatic rings. The summed E-state index contributed by atoms with van der Waals surface area (Å²) >= 11 is 0. The molecule has 2 heteroatoms. The molecule has 0 aliphatic heterocycles. The molecule has 1 saturated carbocycles. The molecule has 0 bridgehead atoms. The predicted octanol–water partition coefficient (Wildman–Crippen LogP) is 2.86. The van der Waals surface area contributed by atoms with Crippen LogP contribution in [0.25, 0.3) is 0 Å². The molecule has 0 radical (unpaired) electrons. The van der Waals surface area contributed by atoms with Crippen molar-refractivity contribution in [2.75, 3.05) is 26.7 Å². The normalized spacial score (nSPS) is 16.9. The first kappa shape index (κ1) is 14.5. The lowest BCUT2D eigenvalue weighted by molar-refractivity contribution is 0.165. The van der Waals surface area contributed by atoms with Gasteiger partial charge in [-0.2, -0.15) is 0 Å². The third kappa shape index (κ3) is 3.58. The number of likely N-dealkylation sites (N-methyl/N-ethyl adjacent to an activating group) is 1. The van der Waals surface area contributed by atoms with Gasteiger partial charge in [0, 0.05) is 25.1 Å². The molecule has 1 N–H and O–H groups in total. The predicted molar refractivity (Wildman–Crippen MR) is 80.6 cm³/mol. The fraction of sp³-hybridized carbons (Fsp3) is 0.647. The first-order valence-electron chi connectivity index (χ1n) is 7.32. The van der Waals surface area contributed by atoms with Crippen LogP contribution in [0.2, 0.25) is 0 Å². The number of rotatable bonds is 6. The lowest BCUT2D eigenvalue weighted by Crippen LogP contribution is -2.30. The van der Waals surface area contributed by atoms with Gasteiger partial charge in [0.2, 0.25) is 0 Å². The van der Waals surface area contributed by atoms with Gasteiger partial charge >= 0.3 is 0 Å². The van der Waals surface area contributed by atoms with E-state index in [-0.39, 0.29) is 5.41 Å². The van der Waals surface area contributed by atoms with E-state index in [2.05, 4.69) is 44.9 Å². The molecular formula is C17H27NO. The van der Waals surface area contributed by atoms with Crippen molar-refractivity contribution in [1.29, 1.82) is 0 Å². The molecular weight excluding hydrogens is 234 g/mol. The number of aliphatic hydroxyl groups excluding tert-OH is 1. The molecule has 1 fully saturated rings. The van der Waals surface area contributed by atoms with E-state index in [1.807, 2.05) is 0 Å². The van der Waals surface area contributed by atoms with Crippen molar-refractivity contribution in [1.82, 2.24) is 4.90 Å². The molecule has 106 valence electrons. The maximum absolute atomic E-state index is 9.38. The van der Waals surface area contributed by atoms with Gasteiger partial charge in [-0.1, -0.05) is 12.1 Å². The van der Waals surface area contributed by atoms with E-state index in [4.69, 9.17) is 0 Å². The minimum absolute atomic E-state index is 0.229. The fourth-order valence-electron chi connectivity index (χ4n) is 2.80. The number of hydrogen-bond acceptors (Lipinski definition) is 2. The van der Waals surface area contributed by atoms with Gasteiger partial charge in [-0.3, -0.25) is 0 Å². The number of benzene rings is 1. The van der Waals surface area contributed by atoms with Gasteiger partial charge in [-0.25, -0.2) is 0 Å². The summed E-state index contributed by atoms with van der Waals surface area (Å²) in [6, 6.07) is 4.62. The quantitative estimate of drug-likeness (QED) is 0.851. The van der Waals surface area contributed by atoms with E-state index < -0.39 is 0 Å². The van der Waals surface area contributed by atoms with Gasteiger partial charge in [0.25, 0.3) is 0 Å². The molecule has 0 amide bonds. The Balaban J connectivity index is 1.90. The zero-order valence-corrected chi connectivity index (χ0v) is 12.8. The smallest absolute Gasteiger partial charge is 0.0499 e. The van der Waals surface area contributed by atoms with Gasteiger partial charge < -0.3 is 10.0 Å². The van der Waals surface area contributed by atoms with Crippen molar-refractivity contribution in [3.8, 4) is 0 Å². The first-order valence-corrected chi connectivity index (χ1v) is 7.32. The highest BCUT2D eigenvalue weighted by Gasteiger charge is 2.42. The average molecular weight is 261 g/mol. The molecule has 2 nitrogen and oxygen atoms in total. The standard InChI is InChI=1S/C17H27NO/c1-13-9-15(3)16(10-14(13)2)5-8-18(4)11-17(12-19)6-7-17/h9-10,19H,5-8,11-12H2,1-4H3. The van der Waals surface area contributed by atoms with Crippen LogP contribution in [-0.4, -0.2) is 36.8 Å². The highest BCUT2D eigenvalue weighted by atomic mass is 16.3. The summed E-state index contributed by atoms with van der Waals surface area (Å²) in [4.78, 5) is 2.37. The van der Waals surface area contributed by atoms with Gasteiger partial charge in [-0.05, 0) is 69.3 Å². The van der Waals surface area contributed by atoms with Crippen molar-refractivity contribution >= 4 is 0 Å². The maximum atomic E-state index is 9.38. The summed E-state index contributed by atoms with van der Waals surface area (Å²) in [5.41, 5.74) is 5.86. The topological polar surface area (TPSA) is 23.5 Å². The Kier molecular flexibility index (Phi) is 4.32. The van der Waals surface area contributed by atoms with Crippen LogP contribution >= 0.6 is 0 Å². The van der Waals surface area contributed by atoms with Crippen LogP contribution in [-0.2, 0) is 6.42 Å². The molecule has 1 aliphatic rings. The summed E-state index contributed by atoms with van der Waals surface area (Å²) in [5.74, 6) is 0. The Labute approximate surface area is 117 Å². The second-order valence-electron chi connectivity index (χ2n) is 6.51. The van der Waals surface area contributed by atoms with Crippen LogP contribution in [0, 0.1) is 26.2 Å². The van der Waals surface area contributed by atoms with Gasteiger partial charge in [0.05, 0.1) is 0 Å². The minimum atomic E-state index is 0.229. The zero-order valence-electron chi connectivity index (χ0n) is 12.8. The number of nitrogens with zero attached hydrogens (tertiary/aromatic N) is 1. The summed E-state index contributed by atoms with van der Waals surface area (Å²) < 4.78 is 0. The molecule has 2 rings (SSSR count). The van der Waals surface area contributed by atoms with E-state index in [1.54, 1.807) is 0 Å². The fourth-order valence-corrected chi connectivity index (χ4v) is 2.80. The monoisotopic (exact) mass is 261 g/mol. The SMILES string of the molecule is Cc1cc(C)c(CCN(C)CC2(CO)CC2)cc1C. The van der Waals surface area contributed by atoms with Gasteiger partial charge in [0.15, 0.2) is 0 Å². The van der Waals surface area contributed by atoms with Crippen LogP contribution in [0.5, 0.6) is 0 Å². The average Bonchev–Trinajstić information content (AvgIpc) is 3.12. The molecule has 19 heavy (non-hydrogen) atoms. The molecule has 0 unspecified atom stereocenters. The second kappa shape index (κ2) is 5.64. The third-order valence-corrected chi connectivity index (χ3v) is 4.61. The molecule has 0 aromatic heterocycles. The largest absolute Gasteiger partial charge is 0.396 e. The Bertz CT molecular complexity index is 449. The van der Waals surface area contributed by atoms with Crippen molar-refractivity contribution < 1.29 is 5.11 Å². The number of aryl methyl sites for hydroxylation is 3. The lowest BCUT2D eigenvalue weighted by Gasteiger charge is -2.22. The van der Waals surface area contributed by atoms with Gasteiger partial charge in [0.1, 0.15) is 0 Å². The second-order valence-corrected chi connectivity index (χ2v) is 6.51. The van der Waals surface area contributed by atoms with Crippen molar-refractivity contribution in [2.24, 2.45) is 5.41 Å². The molecule has 0 saturated heterocycles. The van der Waals surface area contributed by atoms with E-state index in [0.717, 1.165) is 19.5 Å². The van der Waals surface area contributed by atoms with Crippen LogP contribution in [0.15, 0.2) is 12.1 Å². The van der Waals surface area contributed by atoms with Crippen LogP contribution < -0.4 is 0 Å². The van der Waals surface area contributed by atoms with Crippen LogP contribution in [0.4, 0.5) is 0 Å². The van der Waals surface area contributed by atoms with Gasteiger partial charge in [-0.15, -0.1) is 0 Å². The molecule has 0 atom stereocenters. The van der Waals surface area contributed by atoms with Crippen LogP contribution in [0.3, 0.4) is 0 Å². The summed E-state index contributed by atoms with van der Waals surface area (Å²) in [5, 5.41) is 9.38. The molecule has 1 aromatic carbocycles. The Morgan fingerprint density at radius 1 is 1.11 bits per heavy atom. The lowest BCUT2D eigenvalue weighted by atomic mass is 9.98. The Morgan fingerprint density at radius 3 is 2.32 bits per heavy atom. The van der Waals surface area contributed by atoms with Crippen molar-refractivity contribution in [3.63, 3.8) is 0 Å². The highest BCUT2D eigenvalue weighted by molar-refractivity contribution is 5.36. The maximum Gasteiger partial charge on any atom is 0.0499 e. The molecule has 0 spiro atoms. The zero-order chi connectivity index (χ0) is 14.0. The van der Waals surface area contributed by atoms with E-state index in [1.165, 1.54) is 35.1 Å². The number of aliphatic hydroxyl groups is 1. The van der Waals surface area contributed by atoms with E-state index in [9.17, 15) is 5.11 Å². The highest BCUT2D eigenvalue weighted by Crippen LogP contribution is 2.45. The Hall–Kier alpha value is -0.860. The summed E-state index contributed by atoms with van der Waals surface area (Å²) in [7, 11) is 2.17. The molecule has 1 aliphatic carbocycles. The van der Waals surface area contributed by atoms with Crippen molar-refractivity contribution in [3.05, 3.63) is 34.4 Å². The van der Waals surface area contributed by atoms with E-state index >= 15 is 0 Å². The molecule has 0 heterocycles. The Morgan fingerprint density at radius 2 is 1.74 bits per heavy atom. The summed E-state index contributed by atoms with van der Waals surface area (Å²) in [6.07, 6.45) is 3.48. The van der Waals surface area contributed by atoms with E-state index in [0.29, 0.717) is 6.61 Å². The minimum Gasteiger partial charge on any atom is -0.396 e. The first-order chi connectivity index (χ1) is 8.96. The third-order valence-electron chi connectivity index (χ3n) is 4.61.